The van der Waals surface area contributed by atoms with E-state index in [4.69, 9.17) is 16.7 Å². The molecule has 0 unspecified atom stereocenters. The minimum atomic E-state index is -3.70. The number of aromatic nitrogens is 2. The maximum atomic E-state index is 12.3. The Morgan fingerprint density at radius 1 is 1.53 bits per heavy atom. The lowest BCUT2D eigenvalue weighted by Gasteiger charge is -2.20. The maximum Gasteiger partial charge on any atom is 0.261 e. The number of hydrogen-bond donors (Lipinski definition) is 1. The summed E-state index contributed by atoms with van der Waals surface area (Å²) < 4.78 is 27.0. The fraction of sp³-hybridized carbons (Fsp3) is 0.667. The zero-order chi connectivity index (χ0) is 13.1. The summed E-state index contributed by atoms with van der Waals surface area (Å²) in [6.07, 6.45) is 1.95. The van der Waals surface area contributed by atoms with Crippen molar-refractivity contribution in [1.29, 1.82) is 0 Å². The fourth-order valence-corrected chi connectivity index (χ4v) is 3.65. The van der Waals surface area contributed by atoms with Gasteiger partial charge >= 0.3 is 0 Å². The van der Waals surface area contributed by atoms with E-state index in [0.29, 0.717) is 13.0 Å². The topological polar surface area (TPSA) is 75.4 Å². The van der Waals surface area contributed by atoms with Crippen molar-refractivity contribution in [2.45, 2.75) is 18.4 Å². The summed E-state index contributed by atoms with van der Waals surface area (Å²) in [6, 6.07) is 0. The van der Waals surface area contributed by atoms with Crippen LogP contribution in [0.15, 0.2) is 11.2 Å². The number of sulfonamides is 1. The first-order valence-corrected chi connectivity index (χ1v) is 7.05. The van der Waals surface area contributed by atoms with E-state index in [9.17, 15) is 8.42 Å². The largest absolute Gasteiger partial charge is 0.395 e. The van der Waals surface area contributed by atoms with E-state index in [1.54, 1.807) is 0 Å². The van der Waals surface area contributed by atoms with Gasteiger partial charge in [0.1, 0.15) is 0 Å². The lowest BCUT2D eigenvalue weighted by Crippen LogP contribution is -2.35. The first kappa shape index (κ1) is 14.4. The van der Waals surface area contributed by atoms with Crippen molar-refractivity contribution in [1.82, 2.24) is 14.1 Å². The minimum Gasteiger partial charge on any atom is -0.395 e. The molecule has 8 heteroatoms. The van der Waals surface area contributed by atoms with Gasteiger partial charge in [-0.05, 0) is 6.42 Å². The Labute approximate surface area is 106 Å². The SMILES string of the molecule is CCCN(CCO)S(=O)(=O)c1c(Cl)cnn1C. The van der Waals surface area contributed by atoms with E-state index >= 15 is 0 Å². The first-order valence-electron chi connectivity index (χ1n) is 5.23. The molecule has 0 spiro atoms. The molecule has 1 N–H and O–H groups in total. The van der Waals surface area contributed by atoms with E-state index in [-0.39, 0.29) is 23.2 Å². The molecule has 0 amide bonds. The van der Waals surface area contributed by atoms with Crippen molar-refractivity contribution in [3.63, 3.8) is 0 Å². The molecule has 0 saturated heterocycles. The van der Waals surface area contributed by atoms with Gasteiger partial charge in [-0.2, -0.15) is 9.40 Å². The summed E-state index contributed by atoms with van der Waals surface area (Å²) in [5, 5.41) is 12.8. The molecule has 6 nitrogen and oxygen atoms in total. The maximum absolute atomic E-state index is 12.3. The molecule has 0 aliphatic carbocycles. The number of halogens is 1. The number of nitrogens with zero attached hydrogens (tertiary/aromatic N) is 3. The molecule has 17 heavy (non-hydrogen) atoms. The minimum absolute atomic E-state index is 0.0407. The molecule has 0 saturated carbocycles. The molecule has 1 aromatic heterocycles. The predicted molar refractivity (Wildman–Crippen MR) is 64.4 cm³/mol. The Hall–Kier alpha value is -0.630. The fourth-order valence-electron chi connectivity index (χ4n) is 1.53. The molecule has 0 fully saturated rings. The second kappa shape index (κ2) is 5.81. The van der Waals surface area contributed by atoms with Crippen LogP contribution >= 0.6 is 11.6 Å². The van der Waals surface area contributed by atoms with Gasteiger partial charge in [0, 0.05) is 20.1 Å². The van der Waals surface area contributed by atoms with E-state index in [1.807, 2.05) is 6.92 Å². The standard InChI is InChI=1S/C9H16ClN3O3S/c1-3-4-13(5-6-14)17(15,16)9-8(10)7-11-12(9)2/h7,14H,3-6H2,1-2H3. The number of aliphatic hydroxyl groups excluding tert-OH is 1. The Morgan fingerprint density at radius 2 is 2.18 bits per heavy atom. The van der Waals surface area contributed by atoms with Gasteiger partial charge in [-0.3, -0.25) is 4.68 Å². The van der Waals surface area contributed by atoms with Gasteiger partial charge in [0.2, 0.25) is 0 Å². The Bertz CT molecular complexity index is 446. The van der Waals surface area contributed by atoms with Gasteiger partial charge in [0.05, 0.1) is 17.8 Å². The smallest absolute Gasteiger partial charge is 0.261 e. The highest BCUT2D eigenvalue weighted by Crippen LogP contribution is 2.23. The van der Waals surface area contributed by atoms with Gasteiger partial charge in [-0.25, -0.2) is 8.42 Å². The zero-order valence-corrected chi connectivity index (χ0v) is 11.4. The van der Waals surface area contributed by atoms with Crippen LogP contribution in [-0.2, 0) is 17.1 Å². The van der Waals surface area contributed by atoms with Crippen molar-refractivity contribution in [2.24, 2.45) is 7.05 Å². The predicted octanol–water partition coefficient (Wildman–Crippen LogP) is 0.466. The summed E-state index contributed by atoms with van der Waals surface area (Å²) in [5.74, 6) is 0. The van der Waals surface area contributed by atoms with E-state index < -0.39 is 10.0 Å². The highest BCUT2D eigenvalue weighted by atomic mass is 35.5. The normalized spacial score (nSPS) is 12.3. The molecule has 1 heterocycles. The van der Waals surface area contributed by atoms with Gasteiger partial charge in [-0.1, -0.05) is 18.5 Å². The number of hydrogen-bond acceptors (Lipinski definition) is 4. The average Bonchev–Trinajstić information content (AvgIpc) is 2.58. The van der Waals surface area contributed by atoms with Crippen LogP contribution in [0, 0.1) is 0 Å². The monoisotopic (exact) mass is 281 g/mol. The van der Waals surface area contributed by atoms with E-state index in [0.717, 1.165) is 0 Å². The Kier molecular flexibility index (Phi) is 4.93. The Morgan fingerprint density at radius 3 is 2.59 bits per heavy atom. The summed E-state index contributed by atoms with van der Waals surface area (Å²) >= 11 is 5.82. The highest BCUT2D eigenvalue weighted by Gasteiger charge is 2.29. The van der Waals surface area contributed by atoms with Crippen LogP contribution in [0.25, 0.3) is 0 Å². The number of rotatable bonds is 6. The molecular weight excluding hydrogens is 266 g/mol. The van der Waals surface area contributed by atoms with Gasteiger partial charge in [0.15, 0.2) is 5.03 Å². The molecule has 0 bridgehead atoms. The third-order valence-electron chi connectivity index (χ3n) is 2.25. The summed E-state index contributed by atoms with van der Waals surface area (Å²) in [5.41, 5.74) is 0. The molecule has 0 aliphatic heterocycles. The molecular formula is C9H16ClN3O3S. The molecule has 0 atom stereocenters. The zero-order valence-electron chi connectivity index (χ0n) is 9.80. The van der Waals surface area contributed by atoms with Crippen molar-refractivity contribution >= 4 is 21.6 Å². The molecule has 0 radical (unpaired) electrons. The van der Waals surface area contributed by atoms with Crippen LogP contribution in [0.5, 0.6) is 0 Å². The number of aryl methyl sites for hydroxylation is 1. The van der Waals surface area contributed by atoms with Gasteiger partial charge in [-0.15, -0.1) is 0 Å². The average molecular weight is 282 g/mol. The summed E-state index contributed by atoms with van der Waals surface area (Å²) in [6.45, 7) is 2.03. The molecule has 1 rings (SSSR count). The second-order valence-electron chi connectivity index (χ2n) is 3.55. The molecule has 1 aromatic rings. The third-order valence-corrected chi connectivity index (χ3v) is 4.66. The second-order valence-corrected chi connectivity index (χ2v) is 5.81. The van der Waals surface area contributed by atoms with Crippen LogP contribution in [0.4, 0.5) is 0 Å². The summed E-state index contributed by atoms with van der Waals surface area (Å²) in [4.78, 5) is 0. The quantitative estimate of drug-likeness (QED) is 0.822. The van der Waals surface area contributed by atoms with Crippen molar-refractivity contribution < 1.29 is 13.5 Å². The van der Waals surface area contributed by atoms with Crippen molar-refractivity contribution in [3.8, 4) is 0 Å². The Balaban J connectivity index is 3.16. The summed E-state index contributed by atoms with van der Waals surface area (Å²) in [7, 11) is -2.19. The van der Waals surface area contributed by atoms with Crippen LogP contribution in [0.2, 0.25) is 5.02 Å². The molecule has 98 valence electrons. The lowest BCUT2D eigenvalue weighted by atomic mass is 10.5. The first-order chi connectivity index (χ1) is 7.95. The number of aliphatic hydroxyl groups is 1. The van der Waals surface area contributed by atoms with Crippen LogP contribution in [-0.4, -0.2) is 47.3 Å². The van der Waals surface area contributed by atoms with Crippen LogP contribution in [0.3, 0.4) is 0 Å². The van der Waals surface area contributed by atoms with Crippen molar-refractivity contribution in [2.75, 3.05) is 19.7 Å². The van der Waals surface area contributed by atoms with E-state index in [2.05, 4.69) is 5.10 Å². The third kappa shape index (κ3) is 2.98. The van der Waals surface area contributed by atoms with Crippen LogP contribution < -0.4 is 0 Å². The van der Waals surface area contributed by atoms with Gasteiger partial charge in [0.25, 0.3) is 10.0 Å². The molecule has 0 aliphatic rings. The lowest BCUT2D eigenvalue weighted by molar-refractivity contribution is 0.253. The van der Waals surface area contributed by atoms with Crippen LogP contribution in [0.1, 0.15) is 13.3 Å². The highest BCUT2D eigenvalue weighted by molar-refractivity contribution is 7.89. The molecule has 0 aromatic carbocycles. The van der Waals surface area contributed by atoms with Crippen molar-refractivity contribution in [3.05, 3.63) is 11.2 Å². The van der Waals surface area contributed by atoms with E-state index in [1.165, 1.54) is 22.2 Å². The van der Waals surface area contributed by atoms with Gasteiger partial charge < -0.3 is 5.11 Å².